The van der Waals surface area contributed by atoms with E-state index in [1.165, 1.54) is 0 Å². The van der Waals surface area contributed by atoms with Crippen molar-refractivity contribution >= 4 is 23.3 Å². The number of fused-ring (bicyclic) bond motifs is 1. The van der Waals surface area contributed by atoms with Gasteiger partial charge in [0.25, 0.3) is 0 Å². The number of halogens is 1. The fourth-order valence-electron chi connectivity index (χ4n) is 2.89. The van der Waals surface area contributed by atoms with Crippen LogP contribution in [0, 0.1) is 18.8 Å². The van der Waals surface area contributed by atoms with Crippen LogP contribution in [0.1, 0.15) is 5.56 Å². The zero-order chi connectivity index (χ0) is 13.4. The van der Waals surface area contributed by atoms with Gasteiger partial charge >= 0.3 is 6.03 Å². The minimum absolute atomic E-state index is 0.0191. The topological polar surface area (TPSA) is 44.4 Å². The number of hydrogen-bond donors (Lipinski definition) is 2. The molecule has 2 aliphatic heterocycles. The van der Waals surface area contributed by atoms with E-state index >= 15 is 0 Å². The molecule has 0 aliphatic carbocycles. The van der Waals surface area contributed by atoms with Gasteiger partial charge < -0.3 is 15.5 Å². The summed E-state index contributed by atoms with van der Waals surface area (Å²) in [5.41, 5.74) is 1.78. The summed E-state index contributed by atoms with van der Waals surface area (Å²) in [6.45, 7) is 5.71. The van der Waals surface area contributed by atoms with Crippen LogP contribution in [0.2, 0.25) is 5.02 Å². The normalized spacial score (nSPS) is 25.5. The molecule has 2 heterocycles. The molecule has 1 aromatic carbocycles. The van der Waals surface area contributed by atoms with Crippen molar-refractivity contribution in [2.45, 2.75) is 6.92 Å². The summed E-state index contributed by atoms with van der Waals surface area (Å²) in [6.07, 6.45) is 0. The molecule has 2 fully saturated rings. The van der Waals surface area contributed by atoms with Gasteiger partial charge in [-0.05, 0) is 36.5 Å². The van der Waals surface area contributed by atoms with Crippen molar-refractivity contribution in [2.24, 2.45) is 11.8 Å². The van der Waals surface area contributed by atoms with Gasteiger partial charge in [0.15, 0.2) is 0 Å². The van der Waals surface area contributed by atoms with Crippen LogP contribution in [-0.4, -0.2) is 37.1 Å². The molecule has 0 aromatic heterocycles. The lowest BCUT2D eigenvalue weighted by Crippen LogP contribution is -2.35. The summed E-state index contributed by atoms with van der Waals surface area (Å²) in [5.74, 6) is 1.24. The van der Waals surface area contributed by atoms with Gasteiger partial charge in [0.1, 0.15) is 0 Å². The third-order valence-electron chi connectivity index (χ3n) is 4.10. The van der Waals surface area contributed by atoms with Crippen molar-refractivity contribution < 1.29 is 4.79 Å². The average Bonchev–Trinajstić information content (AvgIpc) is 2.94. The van der Waals surface area contributed by atoms with Gasteiger partial charge in [0.05, 0.1) is 0 Å². The fourth-order valence-corrected chi connectivity index (χ4v) is 3.07. The molecule has 2 aliphatic rings. The Morgan fingerprint density at radius 3 is 2.68 bits per heavy atom. The minimum atomic E-state index is -0.0191. The van der Waals surface area contributed by atoms with Gasteiger partial charge in [-0.2, -0.15) is 0 Å². The molecule has 2 unspecified atom stereocenters. The van der Waals surface area contributed by atoms with E-state index in [1.54, 1.807) is 6.07 Å². The molecule has 4 nitrogen and oxygen atoms in total. The first-order valence-electron chi connectivity index (χ1n) is 6.66. The standard InChI is InChI=1S/C14H18ClN3O/c1-9-2-3-12(4-13(9)15)17-14(19)18-7-10-5-16-6-11(10)8-18/h2-4,10-11,16H,5-8H2,1H3,(H,17,19). The van der Waals surface area contributed by atoms with Gasteiger partial charge in [-0.3, -0.25) is 0 Å². The SMILES string of the molecule is Cc1ccc(NC(=O)N2CC3CNCC3C2)cc1Cl. The predicted molar refractivity (Wildman–Crippen MR) is 76.6 cm³/mol. The summed E-state index contributed by atoms with van der Waals surface area (Å²) in [6, 6.07) is 5.58. The molecule has 0 radical (unpaired) electrons. The number of urea groups is 1. The van der Waals surface area contributed by atoms with Gasteiger partial charge in [-0.1, -0.05) is 17.7 Å². The van der Waals surface area contributed by atoms with Crippen LogP contribution in [0.5, 0.6) is 0 Å². The monoisotopic (exact) mass is 279 g/mol. The zero-order valence-corrected chi connectivity index (χ0v) is 11.7. The van der Waals surface area contributed by atoms with Crippen molar-refractivity contribution in [3.8, 4) is 0 Å². The molecule has 1 aromatic rings. The highest BCUT2D eigenvalue weighted by molar-refractivity contribution is 6.31. The number of likely N-dealkylation sites (tertiary alicyclic amines) is 1. The van der Waals surface area contributed by atoms with Gasteiger partial charge in [-0.25, -0.2) is 4.79 Å². The Morgan fingerprint density at radius 1 is 1.37 bits per heavy atom. The highest BCUT2D eigenvalue weighted by Gasteiger charge is 2.38. The Bertz CT molecular complexity index is 493. The highest BCUT2D eigenvalue weighted by atomic mass is 35.5. The molecule has 2 atom stereocenters. The lowest BCUT2D eigenvalue weighted by Gasteiger charge is -2.18. The van der Waals surface area contributed by atoms with Crippen molar-refractivity contribution in [1.29, 1.82) is 0 Å². The van der Waals surface area contributed by atoms with Crippen LogP contribution in [0.15, 0.2) is 18.2 Å². The van der Waals surface area contributed by atoms with Crippen LogP contribution in [0.4, 0.5) is 10.5 Å². The molecular weight excluding hydrogens is 262 g/mol. The third-order valence-corrected chi connectivity index (χ3v) is 4.51. The van der Waals surface area contributed by atoms with Gasteiger partial charge in [0, 0.05) is 36.9 Å². The molecule has 3 rings (SSSR count). The van der Waals surface area contributed by atoms with Crippen LogP contribution < -0.4 is 10.6 Å². The van der Waals surface area contributed by atoms with E-state index in [0.717, 1.165) is 37.4 Å². The van der Waals surface area contributed by atoms with E-state index in [2.05, 4.69) is 10.6 Å². The Morgan fingerprint density at radius 2 is 2.05 bits per heavy atom. The average molecular weight is 280 g/mol. The fraction of sp³-hybridized carbons (Fsp3) is 0.500. The molecule has 19 heavy (non-hydrogen) atoms. The third kappa shape index (κ3) is 2.55. The number of aryl methyl sites for hydroxylation is 1. The van der Waals surface area contributed by atoms with E-state index in [-0.39, 0.29) is 6.03 Å². The molecule has 102 valence electrons. The van der Waals surface area contributed by atoms with Crippen molar-refractivity contribution in [3.63, 3.8) is 0 Å². The molecule has 0 spiro atoms. The van der Waals surface area contributed by atoms with Crippen LogP contribution in [0.25, 0.3) is 0 Å². The second-order valence-electron chi connectivity index (χ2n) is 5.48. The summed E-state index contributed by atoms with van der Waals surface area (Å²) >= 11 is 6.06. The van der Waals surface area contributed by atoms with E-state index < -0.39 is 0 Å². The maximum atomic E-state index is 12.2. The smallest absolute Gasteiger partial charge is 0.321 e. The van der Waals surface area contributed by atoms with Crippen molar-refractivity contribution in [3.05, 3.63) is 28.8 Å². The van der Waals surface area contributed by atoms with Crippen LogP contribution >= 0.6 is 11.6 Å². The van der Waals surface area contributed by atoms with Gasteiger partial charge in [-0.15, -0.1) is 0 Å². The number of amides is 2. The van der Waals surface area contributed by atoms with E-state index in [9.17, 15) is 4.79 Å². The lowest BCUT2D eigenvalue weighted by molar-refractivity contribution is 0.219. The molecule has 0 saturated carbocycles. The number of benzene rings is 1. The number of nitrogens with zero attached hydrogens (tertiary/aromatic N) is 1. The number of hydrogen-bond acceptors (Lipinski definition) is 2. The number of rotatable bonds is 1. The Labute approximate surface area is 118 Å². The summed E-state index contributed by atoms with van der Waals surface area (Å²) in [4.78, 5) is 14.1. The first-order chi connectivity index (χ1) is 9.13. The number of carbonyl (C=O) groups is 1. The number of anilines is 1. The maximum absolute atomic E-state index is 12.2. The van der Waals surface area contributed by atoms with E-state index in [1.807, 2.05) is 24.0 Å². The second kappa shape index (κ2) is 5.02. The molecule has 2 saturated heterocycles. The Kier molecular flexibility index (Phi) is 3.37. The Balaban J connectivity index is 1.63. The summed E-state index contributed by atoms with van der Waals surface area (Å²) in [7, 11) is 0. The number of nitrogens with one attached hydrogen (secondary N) is 2. The van der Waals surface area contributed by atoms with E-state index in [0.29, 0.717) is 16.9 Å². The van der Waals surface area contributed by atoms with Crippen molar-refractivity contribution in [1.82, 2.24) is 10.2 Å². The quantitative estimate of drug-likeness (QED) is 0.829. The molecule has 0 bridgehead atoms. The molecular formula is C14H18ClN3O. The molecule has 2 N–H and O–H groups in total. The first-order valence-corrected chi connectivity index (χ1v) is 7.04. The Hall–Kier alpha value is -1.26. The number of carbonyl (C=O) groups excluding carboxylic acids is 1. The lowest BCUT2D eigenvalue weighted by atomic mass is 10.0. The van der Waals surface area contributed by atoms with Gasteiger partial charge in [0.2, 0.25) is 0 Å². The molecule has 2 amide bonds. The molecule has 5 heteroatoms. The predicted octanol–water partition coefficient (Wildman–Crippen LogP) is 2.33. The second-order valence-corrected chi connectivity index (χ2v) is 5.88. The maximum Gasteiger partial charge on any atom is 0.321 e. The summed E-state index contributed by atoms with van der Waals surface area (Å²) < 4.78 is 0. The zero-order valence-electron chi connectivity index (χ0n) is 10.9. The van der Waals surface area contributed by atoms with E-state index in [4.69, 9.17) is 11.6 Å². The van der Waals surface area contributed by atoms with Crippen molar-refractivity contribution in [2.75, 3.05) is 31.5 Å². The largest absolute Gasteiger partial charge is 0.324 e. The highest BCUT2D eigenvalue weighted by Crippen LogP contribution is 2.27. The van der Waals surface area contributed by atoms with Crippen LogP contribution in [-0.2, 0) is 0 Å². The van der Waals surface area contributed by atoms with Crippen LogP contribution in [0.3, 0.4) is 0 Å². The summed E-state index contributed by atoms with van der Waals surface area (Å²) in [5, 5.41) is 6.98. The minimum Gasteiger partial charge on any atom is -0.324 e. The first kappa shape index (κ1) is 12.8.